The molecule has 3 aromatic rings. The van der Waals surface area contributed by atoms with Crippen LogP contribution in [0.2, 0.25) is 0 Å². The Kier molecular flexibility index (Phi) is 4.57. The molecule has 0 aliphatic carbocycles. The van der Waals surface area contributed by atoms with Crippen LogP contribution in [0.15, 0.2) is 16.9 Å². The normalized spacial score (nSPS) is 11.7. The third-order valence-corrected chi connectivity index (χ3v) is 3.84. The van der Waals surface area contributed by atoms with Gasteiger partial charge in [0.1, 0.15) is 5.82 Å². The van der Waals surface area contributed by atoms with Crippen LogP contribution in [0, 0.1) is 11.3 Å². The van der Waals surface area contributed by atoms with E-state index in [0.717, 1.165) is 16.5 Å². The zero-order chi connectivity index (χ0) is 19.8. The maximum atomic E-state index is 13.3. The number of carbonyl (C=O) groups is 1. The second kappa shape index (κ2) is 6.71. The van der Waals surface area contributed by atoms with Crippen LogP contribution >= 0.6 is 0 Å². The molecule has 11 heteroatoms. The number of aromatic amines is 1. The number of halogens is 3. The summed E-state index contributed by atoms with van der Waals surface area (Å²) in [6.45, 7) is 1.83. The number of carbonyl (C=O) groups excluding carboxylic acids is 1. The molecule has 0 amide bonds. The molecular formula is C16H12F3N5O3. The molecule has 0 aliphatic rings. The number of hydrogen-bond donors (Lipinski definition) is 1. The number of fused-ring (bicyclic) bond motifs is 3. The first-order chi connectivity index (χ1) is 12.8. The van der Waals surface area contributed by atoms with Crippen LogP contribution in [0.4, 0.5) is 13.2 Å². The Bertz CT molecular complexity index is 1140. The average Bonchev–Trinajstić information content (AvgIpc) is 3.03. The Hall–Kier alpha value is -3.42. The van der Waals surface area contributed by atoms with E-state index < -0.39 is 28.8 Å². The highest BCUT2D eigenvalue weighted by Gasteiger charge is 2.34. The minimum atomic E-state index is -4.76. The predicted octanol–water partition coefficient (Wildman–Crippen LogP) is 1.96. The Balaban J connectivity index is 2.24. The number of benzene rings is 1. The zero-order valence-corrected chi connectivity index (χ0v) is 13.9. The van der Waals surface area contributed by atoms with Gasteiger partial charge in [-0.3, -0.25) is 14.0 Å². The molecule has 0 saturated carbocycles. The van der Waals surface area contributed by atoms with Gasteiger partial charge in [0.25, 0.3) is 5.56 Å². The van der Waals surface area contributed by atoms with Gasteiger partial charge in [-0.15, -0.1) is 10.2 Å². The SMILES string of the molecule is CCOC(=O)CCc1nnc2c(=O)[nH]c3cc(C#N)c(C(F)(F)F)cc3n12. The number of H-pyrrole nitrogens is 1. The molecule has 0 unspecified atom stereocenters. The van der Waals surface area contributed by atoms with Crippen molar-refractivity contribution in [3.63, 3.8) is 0 Å². The summed E-state index contributed by atoms with van der Waals surface area (Å²) in [5.41, 5.74) is -2.66. The molecule has 8 nitrogen and oxygen atoms in total. The monoisotopic (exact) mass is 379 g/mol. The van der Waals surface area contributed by atoms with Crippen LogP contribution < -0.4 is 5.56 Å². The lowest BCUT2D eigenvalue weighted by atomic mass is 10.1. The maximum Gasteiger partial charge on any atom is 0.417 e. The van der Waals surface area contributed by atoms with E-state index in [1.54, 1.807) is 6.92 Å². The van der Waals surface area contributed by atoms with Crippen molar-refractivity contribution >= 4 is 22.6 Å². The van der Waals surface area contributed by atoms with Gasteiger partial charge in [-0.2, -0.15) is 18.4 Å². The highest BCUT2D eigenvalue weighted by molar-refractivity contribution is 5.80. The number of nitriles is 1. The fourth-order valence-electron chi connectivity index (χ4n) is 2.70. The van der Waals surface area contributed by atoms with Gasteiger partial charge >= 0.3 is 12.1 Å². The third kappa shape index (κ3) is 3.33. The molecule has 0 atom stereocenters. The van der Waals surface area contributed by atoms with Gasteiger partial charge in [-0.05, 0) is 19.1 Å². The smallest absolute Gasteiger partial charge is 0.417 e. The minimum Gasteiger partial charge on any atom is -0.466 e. The fraction of sp³-hybridized carbons (Fsp3) is 0.312. The lowest BCUT2D eigenvalue weighted by molar-refractivity contribution is -0.143. The van der Waals surface area contributed by atoms with Gasteiger partial charge in [0.05, 0.1) is 41.3 Å². The van der Waals surface area contributed by atoms with E-state index in [-0.39, 0.29) is 42.0 Å². The van der Waals surface area contributed by atoms with Crippen LogP contribution in [0.25, 0.3) is 16.7 Å². The first-order valence-electron chi connectivity index (χ1n) is 7.83. The summed E-state index contributed by atoms with van der Waals surface area (Å²) >= 11 is 0. The van der Waals surface area contributed by atoms with Gasteiger partial charge < -0.3 is 9.72 Å². The summed E-state index contributed by atoms with van der Waals surface area (Å²) in [7, 11) is 0. The number of hydrogen-bond acceptors (Lipinski definition) is 6. The largest absolute Gasteiger partial charge is 0.466 e. The van der Waals surface area contributed by atoms with E-state index in [1.165, 1.54) is 6.07 Å². The van der Waals surface area contributed by atoms with Crippen LogP contribution in [0.5, 0.6) is 0 Å². The topological polar surface area (TPSA) is 113 Å². The predicted molar refractivity (Wildman–Crippen MR) is 85.8 cm³/mol. The summed E-state index contributed by atoms with van der Waals surface area (Å²) in [5, 5.41) is 16.5. The van der Waals surface area contributed by atoms with Crippen LogP contribution in [-0.4, -0.2) is 32.2 Å². The zero-order valence-electron chi connectivity index (χ0n) is 13.9. The van der Waals surface area contributed by atoms with Crippen molar-refractivity contribution in [2.24, 2.45) is 0 Å². The van der Waals surface area contributed by atoms with Crippen molar-refractivity contribution in [1.82, 2.24) is 19.6 Å². The molecule has 3 rings (SSSR count). The van der Waals surface area contributed by atoms with Gasteiger partial charge in [0, 0.05) is 6.42 Å². The standard InChI is InChI=1S/C16H12F3N5O3/c1-2-27-13(25)4-3-12-22-23-14-15(26)21-10-5-8(7-20)9(16(17,18)19)6-11(10)24(12)14/h5-6H,2-4H2,1H3,(H,21,26). The van der Waals surface area contributed by atoms with Crippen molar-refractivity contribution in [2.45, 2.75) is 25.9 Å². The van der Waals surface area contributed by atoms with Crippen molar-refractivity contribution in [3.05, 3.63) is 39.4 Å². The average molecular weight is 379 g/mol. The molecule has 0 fully saturated rings. The number of esters is 1. The Morgan fingerprint density at radius 1 is 1.37 bits per heavy atom. The first kappa shape index (κ1) is 18.4. The van der Waals surface area contributed by atoms with Crippen molar-refractivity contribution in [3.8, 4) is 6.07 Å². The fourth-order valence-corrected chi connectivity index (χ4v) is 2.70. The van der Waals surface area contributed by atoms with E-state index in [9.17, 15) is 22.8 Å². The van der Waals surface area contributed by atoms with Crippen LogP contribution in [-0.2, 0) is 22.1 Å². The number of nitrogens with one attached hydrogen (secondary N) is 1. The molecule has 0 aliphatic heterocycles. The number of ether oxygens (including phenoxy) is 1. The Morgan fingerprint density at radius 2 is 2.11 bits per heavy atom. The van der Waals surface area contributed by atoms with Gasteiger partial charge in [0.15, 0.2) is 0 Å². The van der Waals surface area contributed by atoms with Gasteiger partial charge in [-0.25, -0.2) is 0 Å². The number of alkyl halides is 3. The molecule has 0 spiro atoms. The number of aromatic nitrogens is 4. The van der Waals surface area contributed by atoms with Gasteiger partial charge in [0.2, 0.25) is 5.65 Å². The van der Waals surface area contributed by atoms with Crippen LogP contribution in [0.3, 0.4) is 0 Å². The minimum absolute atomic E-state index is 0.0138. The van der Waals surface area contributed by atoms with Crippen molar-refractivity contribution in [1.29, 1.82) is 5.26 Å². The number of aryl methyl sites for hydroxylation is 1. The van der Waals surface area contributed by atoms with E-state index in [1.807, 2.05) is 0 Å². The number of nitrogens with zero attached hydrogens (tertiary/aromatic N) is 4. The third-order valence-electron chi connectivity index (χ3n) is 3.84. The van der Waals surface area contributed by atoms with E-state index in [4.69, 9.17) is 10.00 Å². The summed E-state index contributed by atoms with van der Waals surface area (Å²) in [4.78, 5) is 26.1. The summed E-state index contributed by atoms with van der Waals surface area (Å²) in [6, 6.07) is 3.19. The van der Waals surface area contributed by atoms with Crippen molar-refractivity contribution < 1.29 is 22.7 Å². The quantitative estimate of drug-likeness (QED) is 0.694. The molecule has 27 heavy (non-hydrogen) atoms. The number of rotatable bonds is 4. The lowest BCUT2D eigenvalue weighted by Crippen LogP contribution is -2.15. The van der Waals surface area contributed by atoms with E-state index in [2.05, 4.69) is 15.2 Å². The van der Waals surface area contributed by atoms with E-state index in [0.29, 0.717) is 0 Å². The second-order valence-electron chi connectivity index (χ2n) is 5.56. The second-order valence-corrected chi connectivity index (χ2v) is 5.56. The highest BCUT2D eigenvalue weighted by atomic mass is 19.4. The molecule has 0 saturated heterocycles. The molecule has 1 N–H and O–H groups in total. The highest BCUT2D eigenvalue weighted by Crippen LogP contribution is 2.34. The summed E-state index contributed by atoms with van der Waals surface area (Å²) in [5.74, 6) is -0.377. The van der Waals surface area contributed by atoms with Crippen LogP contribution in [0.1, 0.15) is 30.3 Å². The molecule has 140 valence electrons. The maximum absolute atomic E-state index is 13.3. The lowest BCUT2D eigenvalue weighted by Gasteiger charge is -2.11. The molecular weight excluding hydrogens is 367 g/mol. The first-order valence-corrected chi connectivity index (χ1v) is 7.83. The Morgan fingerprint density at radius 3 is 2.74 bits per heavy atom. The summed E-state index contributed by atoms with van der Waals surface area (Å²) in [6.07, 6.45) is -4.83. The molecule has 1 aromatic carbocycles. The summed E-state index contributed by atoms with van der Waals surface area (Å²) < 4.78 is 45.8. The van der Waals surface area contributed by atoms with E-state index >= 15 is 0 Å². The molecule has 0 bridgehead atoms. The molecule has 2 heterocycles. The molecule has 2 aromatic heterocycles. The van der Waals surface area contributed by atoms with Gasteiger partial charge in [-0.1, -0.05) is 0 Å². The van der Waals surface area contributed by atoms with Crippen molar-refractivity contribution in [2.75, 3.05) is 6.61 Å². The molecule has 0 radical (unpaired) electrons. The Labute approximate surface area is 149 Å².